The monoisotopic (exact) mass is 399 g/mol. The van der Waals surface area contributed by atoms with Crippen molar-refractivity contribution in [3.05, 3.63) is 101 Å². The fourth-order valence-electron chi connectivity index (χ4n) is 4.11. The van der Waals surface area contributed by atoms with Gasteiger partial charge in [-0.2, -0.15) is 0 Å². The first-order valence-electron chi connectivity index (χ1n) is 10.8. The van der Waals surface area contributed by atoms with E-state index >= 15 is 0 Å². The summed E-state index contributed by atoms with van der Waals surface area (Å²) >= 11 is 0. The predicted octanol–water partition coefficient (Wildman–Crippen LogP) is 5.59. The Morgan fingerprint density at radius 2 is 1.77 bits per heavy atom. The zero-order chi connectivity index (χ0) is 20.9. The molecule has 0 aromatic heterocycles. The molecule has 0 spiro atoms. The Bertz CT molecular complexity index is 1010. The van der Waals surface area contributed by atoms with Crippen molar-refractivity contribution in [2.75, 3.05) is 6.61 Å². The molecule has 1 aliphatic rings. The van der Waals surface area contributed by atoms with Crippen LogP contribution in [0, 0.1) is 6.92 Å². The van der Waals surface area contributed by atoms with Gasteiger partial charge in [-0.3, -0.25) is 4.79 Å². The number of benzene rings is 3. The summed E-state index contributed by atoms with van der Waals surface area (Å²) in [5.74, 6) is 0.824. The lowest BCUT2D eigenvalue weighted by Gasteiger charge is -2.31. The van der Waals surface area contributed by atoms with Crippen molar-refractivity contribution >= 4 is 5.91 Å². The lowest BCUT2D eigenvalue weighted by Crippen LogP contribution is -2.38. The molecule has 3 aromatic carbocycles. The van der Waals surface area contributed by atoms with Crippen LogP contribution >= 0.6 is 0 Å². The zero-order valence-electron chi connectivity index (χ0n) is 17.8. The average Bonchev–Trinajstić information content (AvgIpc) is 3.26. The van der Waals surface area contributed by atoms with Gasteiger partial charge < -0.3 is 9.64 Å². The Morgan fingerprint density at radius 3 is 2.57 bits per heavy atom. The Morgan fingerprint density at radius 1 is 1.00 bits per heavy atom. The number of hydrogen-bond donors (Lipinski definition) is 0. The van der Waals surface area contributed by atoms with Crippen LogP contribution in [-0.2, 0) is 19.4 Å². The van der Waals surface area contributed by atoms with Gasteiger partial charge in [-0.1, -0.05) is 66.7 Å². The highest BCUT2D eigenvalue weighted by molar-refractivity contribution is 5.97. The van der Waals surface area contributed by atoms with Gasteiger partial charge in [-0.25, -0.2) is 0 Å². The second-order valence-corrected chi connectivity index (χ2v) is 8.13. The van der Waals surface area contributed by atoms with Gasteiger partial charge >= 0.3 is 0 Å². The van der Waals surface area contributed by atoms with E-state index in [0.29, 0.717) is 18.7 Å². The second-order valence-electron chi connectivity index (χ2n) is 8.13. The number of carbonyl (C=O) groups excluding carboxylic acids is 1. The summed E-state index contributed by atoms with van der Waals surface area (Å²) in [6, 6.07) is 24.8. The quantitative estimate of drug-likeness (QED) is 0.518. The SMILES string of the molecule is Cc1ccccc1CN(C(=O)c1cccc2c1OCC2)[C@@H](C)CCc1ccccc1. The van der Waals surface area contributed by atoms with Gasteiger partial charge in [0.2, 0.25) is 0 Å². The van der Waals surface area contributed by atoms with Crippen LogP contribution in [0.25, 0.3) is 0 Å². The maximum absolute atomic E-state index is 13.7. The van der Waals surface area contributed by atoms with Gasteiger partial charge in [0.15, 0.2) is 0 Å². The minimum Gasteiger partial charge on any atom is -0.492 e. The summed E-state index contributed by atoms with van der Waals surface area (Å²) in [6.45, 7) is 5.52. The number of nitrogens with zero attached hydrogens (tertiary/aromatic N) is 1. The topological polar surface area (TPSA) is 29.5 Å². The van der Waals surface area contributed by atoms with E-state index in [-0.39, 0.29) is 11.9 Å². The lowest BCUT2D eigenvalue weighted by molar-refractivity contribution is 0.0663. The molecule has 0 radical (unpaired) electrons. The van der Waals surface area contributed by atoms with Crippen LogP contribution < -0.4 is 4.74 Å². The molecule has 1 heterocycles. The van der Waals surface area contributed by atoms with Crippen LogP contribution in [0.3, 0.4) is 0 Å². The lowest BCUT2D eigenvalue weighted by atomic mass is 10.0. The van der Waals surface area contributed by atoms with Crippen molar-refractivity contribution < 1.29 is 9.53 Å². The number of aryl methyl sites for hydroxylation is 2. The summed E-state index contributed by atoms with van der Waals surface area (Å²) in [7, 11) is 0. The van der Waals surface area contributed by atoms with Crippen molar-refractivity contribution in [1.29, 1.82) is 0 Å². The first-order chi connectivity index (χ1) is 14.6. The van der Waals surface area contributed by atoms with E-state index in [0.717, 1.165) is 30.6 Å². The Labute approximate surface area is 179 Å². The summed E-state index contributed by atoms with van der Waals surface area (Å²) in [5, 5.41) is 0. The molecule has 1 amide bonds. The Kier molecular flexibility index (Phi) is 6.18. The molecule has 0 fully saturated rings. The van der Waals surface area contributed by atoms with Crippen molar-refractivity contribution in [1.82, 2.24) is 4.90 Å². The molecule has 0 saturated heterocycles. The van der Waals surface area contributed by atoms with Gasteiger partial charge in [-0.05, 0) is 55.0 Å². The first kappa shape index (κ1) is 20.2. The minimum atomic E-state index is 0.0533. The van der Waals surface area contributed by atoms with Crippen LogP contribution in [0.4, 0.5) is 0 Å². The average molecular weight is 400 g/mol. The number of ether oxygens (including phenoxy) is 1. The van der Waals surface area contributed by atoms with Gasteiger partial charge in [0.25, 0.3) is 5.91 Å². The number of carbonyl (C=O) groups is 1. The summed E-state index contributed by atoms with van der Waals surface area (Å²) < 4.78 is 5.84. The maximum Gasteiger partial charge on any atom is 0.258 e. The predicted molar refractivity (Wildman–Crippen MR) is 121 cm³/mol. The van der Waals surface area contributed by atoms with Crippen LogP contribution in [-0.4, -0.2) is 23.5 Å². The molecule has 0 unspecified atom stereocenters. The molecule has 3 nitrogen and oxygen atoms in total. The van der Waals surface area contributed by atoms with Gasteiger partial charge in [0.1, 0.15) is 5.75 Å². The smallest absolute Gasteiger partial charge is 0.258 e. The van der Waals surface area contributed by atoms with Crippen LogP contribution in [0.5, 0.6) is 5.75 Å². The highest BCUT2D eigenvalue weighted by atomic mass is 16.5. The molecule has 3 heteroatoms. The minimum absolute atomic E-state index is 0.0533. The molecular weight excluding hydrogens is 370 g/mol. The molecule has 0 aliphatic carbocycles. The second kappa shape index (κ2) is 9.17. The summed E-state index contributed by atoms with van der Waals surface area (Å²) in [6.07, 6.45) is 2.73. The maximum atomic E-state index is 13.7. The Hall–Kier alpha value is -3.07. The van der Waals surface area contributed by atoms with E-state index in [1.165, 1.54) is 16.7 Å². The molecule has 0 N–H and O–H groups in total. The zero-order valence-corrected chi connectivity index (χ0v) is 17.8. The summed E-state index contributed by atoms with van der Waals surface area (Å²) in [5.41, 5.74) is 5.52. The molecule has 1 aliphatic heterocycles. The van der Waals surface area contributed by atoms with Crippen LogP contribution in [0.15, 0.2) is 72.8 Å². The first-order valence-corrected chi connectivity index (χ1v) is 10.8. The highest BCUT2D eigenvalue weighted by Crippen LogP contribution is 2.31. The fourth-order valence-corrected chi connectivity index (χ4v) is 4.11. The molecule has 0 saturated carbocycles. The van der Waals surface area contributed by atoms with Crippen LogP contribution in [0.1, 0.15) is 46.0 Å². The number of rotatable bonds is 7. The van der Waals surface area contributed by atoms with E-state index < -0.39 is 0 Å². The number of amides is 1. The van der Waals surface area contributed by atoms with Crippen molar-refractivity contribution in [2.45, 2.75) is 45.7 Å². The molecule has 30 heavy (non-hydrogen) atoms. The van der Waals surface area contributed by atoms with Gasteiger partial charge in [0, 0.05) is 19.0 Å². The Balaban J connectivity index is 1.60. The van der Waals surface area contributed by atoms with E-state index in [2.05, 4.69) is 56.3 Å². The van der Waals surface area contributed by atoms with Crippen molar-refractivity contribution in [2.24, 2.45) is 0 Å². The molecule has 4 rings (SSSR count). The normalized spacial score (nSPS) is 13.4. The molecule has 154 valence electrons. The van der Waals surface area contributed by atoms with Gasteiger partial charge in [0.05, 0.1) is 12.2 Å². The fraction of sp³-hybridized carbons (Fsp3) is 0.296. The third-order valence-electron chi connectivity index (χ3n) is 6.03. The van der Waals surface area contributed by atoms with E-state index in [9.17, 15) is 4.79 Å². The third-order valence-corrected chi connectivity index (χ3v) is 6.03. The van der Waals surface area contributed by atoms with E-state index in [1.54, 1.807) is 0 Å². The summed E-state index contributed by atoms with van der Waals surface area (Å²) in [4.78, 5) is 15.7. The standard InChI is InChI=1S/C27H29NO2/c1-20-9-6-7-12-24(20)19-28(21(2)15-16-22-10-4-3-5-11-22)27(29)25-14-8-13-23-17-18-30-26(23)25/h3-14,21H,15-19H2,1-2H3/t21-/m0/s1. The number of hydrogen-bond acceptors (Lipinski definition) is 2. The van der Waals surface area contributed by atoms with E-state index in [1.807, 2.05) is 35.2 Å². The highest BCUT2D eigenvalue weighted by Gasteiger charge is 2.27. The van der Waals surface area contributed by atoms with E-state index in [4.69, 9.17) is 4.74 Å². The van der Waals surface area contributed by atoms with Crippen LogP contribution in [0.2, 0.25) is 0 Å². The van der Waals surface area contributed by atoms with Gasteiger partial charge in [-0.15, -0.1) is 0 Å². The molecular formula is C27H29NO2. The number of fused-ring (bicyclic) bond motifs is 1. The van der Waals surface area contributed by atoms with Crippen molar-refractivity contribution in [3.8, 4) is 5.75 Å². The molecule has 3 aromatic rings. The van der Waals surface area contributed by atoms with Crippen molar-refractivity contribution in [3.63, 3.8) is 0 Å². The molecule has 1 atom stereocenters. The largest absolute Gasteiger partial charge is 0.492 e. The number of para-hydroxylation sites is 1. The molecule has 0 bridgehead atoms. The third kappa shape index (κ3) is 4.40.